The van der Waals surface area contributed by atoms with Gasteiger partial charge in [0.05, 0.1) is 10.5 Å². The van der Waals surface area contributed by atoms with Crippen LogP contribution in [-0.2, 0) is 0 Å². The van der Waals surface area contributed by atoms with E-state index >= 15 is 0 Å². The predicted octanol–water partition coefficient (Wildman–Crippen LogP) is 3.07. The van der Waals surface area contributed by atoms with Crippen LogP contribution in [0.5, 0.6) is 11.8 Å². The van der Waals surface area contributed by atoms with Crippen LogP contribution in [0.1, 0.15) is 10.4 Å². The molecule has 0 aliphatic heterocycles. The molecule has 0 unspecified atom stereocenters. The topological polar surface area (TPSA) is 133 Å². The Kier molecular flexibility index (Phi) is 4.53. The molecule has 0 aliphatic carbocycles. The van der Waals surface area contributed by atoms with Crippen molar-refractivity contribution in [3.63, 3.8) is 0 Å². The van der Waals surface area contributed by atoms with Gasteiger partial charge in [0.15, 0.2) is 0 Å². The van der Waals surface area contributed by atoms with Crippen LogP contribution in [0.4, 0.5) is 17.2 Å². The number of nitrogen functional groups attached to an aromatic ring is 1. The number of ether oxygens (including phenoxy) is 1. The third-order valence-corrected chi connectivity index (χ3v) is 3.76. The van der Waals surface area contributed by atoms with E-state index in [9.17, 15) is 14.9 Å². The van der Waals surface area contributed by atoms with Crippen molar-refractivity contribution in [2.24, 2.45) is 0 Å². The maximum absolute atomic E-state index is 12.0. The molecule has 9 nitrogen and oxygen atoms in total. The highest BCUT2D eigenvalue weighted by Gasteiger charge is 2.15. The summed E-state index contributed by atoms with van der Waals surface area (Å²) in [6, 6.07) is 8.11. The summed E-state index contributed by atoms with van der Waals surface area (Å²) in [6.45, 7) is 0. The fourth-order valence-corrected chi connectivity index (χ4v) is 2.51. The van der Waals surface area contributed by atoms with Gasteiger partial charge in [-0.05, 0) is 35.7 Å². The van der Waals surface area contributed by atoms with Gasteiger partial charge in [-0.3, -0.25) is 14.9 Å². The number of amides is 1. The van der Waals surface area contributed by atoms with E-state index in [0.717, 1.165) is 6.20 Å². The van der Waals surface area contributed by atoms with Gasteiger partial charge in [-0.2, -0.15) is 21.3 Å². The number of hydrogen-bond donors (Lipinski definition) is 2. The van der Waals surface area contributed by atoms with Crippen LogP contribution >= 0.6 is 11.3 Å². The summed E-state index contributed by atoms with van der Waals surface area (Å²) in [5.41, 5.74) is 6.27. The Bertz CT molecular complexity index is 912. The van der Waals surface area contributed by atoms with Crippen LogP contribution in [0.15, 0.2) is 47.3 Å². The number of rotatable bonds is 5. The van der Waals surface area contributed by atoms with Gasteiger partial charge in [0, 0.05) is 11.1 Å². The van der Waals surface area contributed by atoms with Gasteiger partial charge < -0.3 is 15.8 Å². The van der Waals surface area contributed by atoms with Gasteiger partial charge in [0.1, 0.15) is 11.9 Å². The molecule has 3 N–H and O–H groups in total. The molecule has 0 fully saturated rings. The van der Waals surface area contributed by atoms with Crippen molar-refractivity contribution in [1.29, 1.82) is 0 Å². The van der Waals surface area contributed by atoms with Gasteiger partial charge >= 0.3 is 11.7 Å². The molecule has 0 radical (unpaired) electrons. The number of hydrogen-bond acceptors (Lipinski definition) is 8. The zero-order chi connectivity index (χ0) is 17.8. The molecule has 25 heavy (non-hydrogen) atoms. The van der Waals surface area contributed by atoms with Gasteiger partial charge in [0.25, 0.3) is 5.91 Å². The largest absolute Gasteiger partial charge is 0.424 e. The van der Waals surface area contributed by atoms with Crippen molar-refractivity contribution >= 4 is 34.4 Å². The molecule has 3 rings (SSSR count). The normalized spacial score (nSPS) is 10.2. The van der Waals surface area contributed by atoms with Crippen molar-refractivity contribution in [3.05, 3.63) is 63.0 Å². The van der Waals surface area contributed by atoms with Crippen molar-refractivity contribution < 1.29 is 14.5 Å². The van der Waals surface area contributed by atoms with Crippen molar-refractivity contribution in [1.82, 2.24) is 9.97 Å². The fourth-order valence-electron chi connectivity index (χ4n) is 1.87. The van der Waals surface area contributed by atoms with E-state index in [-0.39, 0.29) is 23.4 Å². The lowest BCUT2D eigenvalue weighted by atomic mass is 10.2. The number of nitrogens with zero attached hydrogens (tertiary/aromatic N) is 3. The highest BCUT2D eigenvalue weighted by Crippen LogP contribution is 2.24. The number of nitro groups is 1. The van der Waals surface area contributed by atoms with E-state index in [0.29, 0.717) is 17.0 Å². The van der Waals surface area contributed by atoms with Crippen LogP contribution < -0.4 is 15.8 Å². The molecule has 0 aliphatic rings. The molecule has 2 aromatic heterocycles. The average molecular weight is 357 g/mol. The maximum Gasteiger partial charge on any atom is 0.329 e. The first-order chi connectivity index (χ1) is 12.0. The summed E-state index contributed by atoms with van der Waals surface area (Å²) in [5.74, 6) is -0.0992. The highest BCUT2D eigenvalue weighted by atomic mass is 32.1. The monoisotopic (exact) mass is 357 g/mol. The zero-order valence-corrected chi connectivity index (χ0v) is 13.4. The quantitative estimate of drug-likeness (QED) is 0.529. The Balaban J connectivity index is 1.67. The first-order valence-corrected chi connectivity index (χ1v) is 7.85. The molecule has 1 aromatic carbocycles. The standard InChI is InChI=1S/C15H11N5O4S/c16-13-12(20(22)23)7-17-15(19-13)24-11-3-1-10(2-4-11)18-14(21)9-5-6-25-8-9/h1-8H,(H,18,21)(H2,16,17,19). The lowest BCUT2D eigenvalue weighted by molar-refractivity contribution is -0.384. The molecule has 10 heteroatoms. The number of anilines is 2. The maximum atomic E-state index is 12.0. The van der Waals surface area contributed by atoms with Gasteiger partial charge in [-0.15, -0.1) is 0 Å². The van der Waals surface area contributed by atoms with Gasteiger partial charge in [-0.25, -0.2) is 0 Å². The second kappa shape index (κ2) is 6.93. The van der Waals surface area contributed by atoms with Crippen molar-refractivity contribution in [2.75, 3.05) is 11.1 Å². The first kappa shape index (κ1) is 16.3. The molecule has 0 spiro atoms. The van der Waals surface area contributed by atoms with Gasteiger partial charge in [0.2, 0.25) is 5.82 Å². The van der Waals surface area contributed by atoms with E-state index in [2.05, 4.69) is 15.3 Å². The van der Waals surface area contributed by atoms with Crippen LogP contribution in [0, 0.1) is 10.1 Å². The molecule has 0 bridgehead atoms. The number of aromatic nitrogens is 2. The Hall–Kier alpha value is -3.53. The average Bonchev–Trinajstić information content (AvgIpc) is 3.11. The number of nitrogens with one attached hydrogen (secondary N) is 1. The van der Waals surface area contributed by atoms with E-state index in [1.807, 2.05) is 5.38 Å². The molecule has 1 amide bonds. The summed E-state index contributed by atoms with van der Waals surface area (Å²) in [7, 11) is 0. The number of benzene rings is 1. The van der Waals surface area contributed by atoms with Crippen molar-refractivity contribution in [3.8, 4) is 11.8 Å². The molecular formula is C15H11N5O4S. The van der Waals surface area contributed by atoms with Crippen LogP contribution in [0.25, 0.3) is 0 Å². The Morgan fingerprint density at radius 2 is 2.04 bits per heavy atom. The minimum absolute atomic E-state index is 0.113. The van der Waals surface area contributed by atoms with E-state index < -0.39 is 4.92 Å². The highest BCUT2D eigenvalue weighted by molar-refractivity contribution is 7.08. The summed E-state index contributed by atoms with van der Waals surface area (Å²) >= 11 is 1.44. The number of carbonyl (C=O) groups excluding carboxylic acids is 1. The Morgan fingerprint density at radius 1 is 1.28 bits per heavy atom. The zero-order valence-electron chi connectivity index (χ0n) is 12.6. The summed E-state index contributed by atoms with van der Waals surface area (Å²) < 4.78 is 5.39. The van der Waals surface area contributed by atoms with E-state index in [1.165, 1.54) is 11.3 Å². The first-order valence-electron chi connectivity index (χ1n) is 6.91. The van der Waals surface area contributed by atoms with Crippen LogP contribution in [-0.4, -0.2) is 20.8 Å². The molecular weight excluding hydrogens is 346 g/mol. The van der Waals surface area contributed by atoms with Crippen molar-refractivity contribution in [2.45, 2.75) is 0 Å². The minimum atomic E-state index is -0.677. The Labute approximate surface area is 145 Å². The second-order valence-corrected chi connectivity index (χ2v) is 5.55. The van der Waals surface area contributed by atoms with Crippen LogP contribution in [0.2, 0.25) is 0 Å². The number of nitrogens with two attached hydrogens (primary N) is 1. The smallest absolute Gasteiger partial charge is 0.329 e. The van der Waals surface area contributed by atoms with Gasteiger partial charge in [-0.1, -0.05) is 0 Å². The number of thiophene rings is 1. The van der Waals surface area contributed by atoms with E-state index in [1.54, 1.807) is 35.7 Å². The lowest BCUT2D eigenvalue weighted by Gasteiger charge is -2.07. The third-order valence-electron chi connectivity index (χ3n) is 3.08. The predicted molar refractivity (Wildman–Crippen MR) is 91.9 cm³/mol. The van der Waals surface area contributed by atoms with Crippen LogP contribution in [0.3, 0.4) is 0 Å². The minimum Gasteiger partial charge on any atom is -0.424 e. The fraction of sp³-hybridized carbons (Fsp3) is 0. The molecule has 0 saturated heterocycles. The summed E-state index contributed by atoms with van der Waals surface area (Å²) in [6.07, 6.45) is 0.979. The third kappa shape index (κ3) is 3.87. The molecule has 0 atom stereocenters. The summed E-state index contributed by atoms with van der Waals surface area (Å²) in [5, 5.41) is 17.0. The molecule has 126 valence electrons. The molecule has 2 heterocycles. The Morgan fingerprint density at radius 3 is 2.64 bits per heavy atom. The number of carbonyl (C=O) groups is 1. The second-order valence-electron chi connectivity index (χ2n) is 4.77. The molecule has 0 saturated carbocycles. The SMILES string of the molecule is Nc1nc(Oc2ccc(NC(=O)c3ccsc3)cc2)ncc1[N+](=O)[O-]. The lowest BCUT2D eigenvalue weighted by Crippen LogP contribution is -2.10. The summed E-state index contributed by atoms with van der Waals surface area (Å²) in [4.78, 5) is 29.4. The van der Waals surface area contributed by atoms with E-state index in [4.69, 9.17) is 10.5 Å². The molecule has 3 aromatic rings.